The molecule has 0 aliphatic carbocycles. The Bertz CT molecular complexity index is 1500. The lowest BCUT2D eigenvalue weighted by Gasteiger charge is -2.33. The Hall–Kier alpha value is -2.98. The number of ether oxygens (including phenoxy) is 1. The molecule has 1 atom stereocenters. The van der Waals surface area contributed by atoms with Gasteiger partial charge in [0.15, 0.2) is 0 Å². The topological polar surface area (TPSA) is 96.0 Å². The summed E-state index contributed by atoms with van der Waals surface area (Å²) in [5, 5.41) is 3.91. The number of rotatable bonds is 15. The first-order chi connectivity index (χ1) is 20.5. The van der Waals surface area contributed by atoms with Gasteiger partial charge in [0.25, 0.3) is 10.0 Å². The van der Waals surface area contributed by atoms with E-state index in [1.54, 1.807) is 56.3 Å². The van der Waals surface area contributed by atoms with Crippen LogP contribution in [0.2, 0.25) is 15.1 Å². The van der Waals surface area contributed by atoms with Crippen LogP contribution in [-0.2, 0) is 26.2 Å². The molecule has 8 nitrogen and oxygen atoms in total. The van der Waals surface area contributed by atoms with Gasteiger partial charge in [-0.05, 0) is 73.9 Å². The van der Waals surface area contributed by atoms with E-state index in [1.165, 1.54) is 29.2 Å². The van der Waals surface area contributed by atoms with Gasteiger partial charge in [-0.3, -0.25) is 13.9 Å². The van der Waals surface area contributed by atoms with Crippen molar-refractivity contribution >= 4 is 62.3 Å². The monoisotopic (exact) mass is 667 g/mol. The Balaban J connectivity index is 2.10. The van der Waals surface area contributed by atoms with E-state index in [-0.39, 0.29) is 35.4 Å². The zero-order chi connectivity index (χ0) is 31.6. The fourth-order valence-electron chi connectivity index (χ4n) is 4.45. The number of halogens is 3. The fraction of sp³-hybridized carbons (Fsp3) is 0.355. The molecule has 0 aromatic heterocycles. The third-order valence-corrected chi connectivity index (χ3v) is 9.43. The average Bonchev–Trinajstić information content (AvgIpc) is 2.98. The number of nitrogens with zero attached hydrogens (tertiary/aromatic N) is 2. The molecule has 43 heavy (non-hydrogen) atoms. The molecule has 0 saturated carbocycles. The molecule has 0 unspecified atom stereocenters. The van der Waals surface area contributed by atoms with Crippen molar-refractivity contribution in [3.05, 3.63) is 87.4 Å². The molecular weight excluding hydrogens is 633 g/mol. The number of carbonyl (C=O) groups is 2. The number of carbonyl (C=O) groups excluding carboxylic acids is 2. The highest BCUT2D eigenvalue weighted by Gasteiger charge is 2.34. The molecule has 3 aromatic carbocycles. The van der Waals surface area contributed by atoms with Gasteiger partial charge in [-0.25, -0.2) is 8.42 Å². The molecular formula is C31H36Cl3N3O5S. The molecule has 3 aromatic rings. The molecule has 3 rings (SSSR count). The standard InChI is InChI=1S/C31H36Cl3N3O5S/c1-4-7-18-35-31(39)27(5-2)36(20-22-12-17-25(33)26(34)19-22)30(38)21-37(28-10-8-9-11-29(28)42-6-3)43(40,41)24-15-13-23(32)14-16-24/h8-17,19,27H,4-7,18,20-21H2,1-3H3,(H,35,39)/t27-/m0/s1. The van der Waals surface area contributed by atoms with Crippen molar-refractivity contribution in [1.82, 2.24) is 10.2 Å². The highest BCUT2D eigenvalue weighted by Crippen LogP contribution is 2.33. The summed E-state index contributed by atoms with van der Waals surface area (Å²) in [7, 11) is -4.29. The Labute approximate surface area is 268 Å². The minimum absolute atomic E-state index is 0.00261. The number of sulfonamides is 1. The van der Waals surface area contributed by atoms with E-state index in [0.29, 0.717) is 33.6 Å². The maximum Gasteiger partial charge on any atom is 0.264 e. The van der Waals surface area contributed by atoms with Crippen LogP contribution >= 0.6 is 34.8 Å². The van der Waals surface area contributed by atoms with Gasteiger partial charge >= 0.3 is 0 Å². The summed E-state index contributed by atoms with van der Waals surface area (Å²) in [6.07, 6.45) is 1.97. The van der Waals surface area contributed by atoms with Gasteiger partial charge < -0.3 is 15.0 Å². The van der Waals surface area contributed by atoms with Crippen LogP contribution in [0.3, 0.4) is 0 Å². The molecule has 0 radical (unpaired) electrons. The van der Waals surface area contributed by atoms with Crippen molar-refractivity contribution in [2.24, 2.45) is 0 Å². The SMILES string of the molecule is CCCCNC(=O)[C@H](CC)N(Cc1ccc(Cl)c(Cl)c1)C(=O)CN(c1ccccc1OCC)S(=O)(=O)c1ccc(Cl)cc1. The number of para-hydroxylation sites is 2. The zero-order valence-corrected chi connectivity index (χ0v) is 27.4. The van der Waals surface area contributed by atoms with Crippen molar-refractivity contribution in [2.75, 3.05) is 24.0 Å². The summed E-state index contributed by atoms with van der Waals surface area (Å²) in [5.74, 6) is -0.630. The van der Waals surface area contributed by atoms with Gasteiger partial charge in [0.2, 0.25) is 11.8 Å². The molecule has 12 heteroatoms. The smallest absolute Gasteiger partial charge is 0.264 e. The van der Waals surface area contributed by atoms with Crippen LogP contribution in [-0.4, -0.2) is 50.9 Å². The Morgan fingerprint density at radius 2 is 1.63 bits per heavy atom. The Kier molecular flexibility index (Phi) is 13.0. The molecule has 0 saturated heterocycles. The Morgan fingerprint density at radius 3 is 2.26 bits per heavy atom. The van der Waals surface area contributed by atoms with Crippen LogP contribution in [0.1, 0.15) is 45.6 Å². The summed E-state index contributed by atoms with van der Waals surface area (Å²) >= 11 is 18.4. The minimum atomic E-state index is -4.29. The number of hydrogen-bond acceptors (Lipinski definition) is 5. The molecule has 0 heterocycles. The van der Waals surface area contributed by atoms with E-state index in [1.807, 2.05) is 6.92 Å². The molecule has 1 N–H and O–H groups in total. The second-order valence-electron chi connectivity index (χ2n) is 9.71. The summed E-state index contributed by atoms with van der Waals surface area (Å²) < 4.78 is 34.9. The molecule has 232 valence electrons. The van der Waals surface area contributed by atoms with Gasteiger partial charge in [0.05, 0.1) is 27.2 Å². The summed E-state index contributed by atoms with van der Waals surface area (Å²) in [4.78, 5) is 28.9. The summed E-state index contributed by atoms with van der Waals surface area (Å²) in [5.41, 5.74) is 0.812. The van der Waals surface area contributed by atoms with Crippen LogP contribution < -0.4 is 14.4 Å². The normalized spacial score (nSPS) is 12.0. The predicted molar refractivity (Wildman–Crippen MR) is 173 cm³/mol. The van der Waals surface area contributed by atoms with Gasteiger partial charge in [-0.15, -0.1) is 0 Å². The molecule has 0 aliphatic heterocycles. The number of benzene rings is 3. The van der Waals surface area contributed by atoms with Crippen molar-refractivity contribution < 1.29 is 22.7 Å². The second kappa shape index (κ2) is 16.2. The van der Waals surface area contributed by atoms with E-state index in [4.69, 9.17) is 39.5 Å². The van der Waals surface area contributed by atoms with Gasteiger partial charge in [0.1, 0.15) is 18.3 Å². The number of hydrogen-bond donors (Lipinski definition) is 1. The summed E-state index contributed by atoms with van der Waals surface area (Å²) in [6.45, 7) is 5.72. The number of unbranched alkanes of at least 4 members (excludes halogenated alkanes) is 1. The molecule has 0 spiro atoms. The van der Waals surface area contributed by atoms with Crippen molar-refractivity contribution in [1.29, 1.82) is 0 Å². The third-order valence-electron chi connectivity index (χ3n) is 6.67. The van der Waals surface area contributed by atoms with Gasteiger partial charge in [-0.2, -0.15) is 0 Å². The van der Waals surface area contributed by atoms with Crippen molar-refractivity contribution in [3.63, 3.8) is 0 Å². The van der Waals surface area contributed by atoms with Crippen LogP contribution in [0.25, 0.3) is 0 Å². The fourth-order valence-corrected chi connectivity index (χ4v) is 6.32. The summed E-state index contributed by atoms with van der Waals surface area (Å²) in [6, 6.07) is 16.3. The maximum atomic E-state index is 14.2. The van der Waals surface area contributed by atoms with E-state index in [2.05, 4.69) is 5.32 Å². The largest absolute Gasteiger partial charge is 0.492 e. The van der Waals surface area contributed by atoms with Gasteiger partial charge in [-0.1, -0.05) is 73.3 Å². The van der Waals surface area contributed by atoms with Gasteiger partial charge in [0, 0.05) is 18.1 Å². The zero-order valence-electron chi connectivity index (χ0n) is 24.4. The van der Waals surface area contributed by atoms with Crippen LogP contribution in [0.15, 0.2) is 71.6 Å². The van der Waals surface area contributed by atoms with E-state index in [9.17, 15) is 18.0 Å². The van der Waals surface area contributed by atoms with Crippen molar-refractivity contribution in [2.45, 2.75) is 57.5 Å². The lowest BCUT2D eigenvalue weighted by Crippen LogP contribution is -2.52. The van der Waals surface area contributed by atoms with E-state index >= 15 is 0 Å². The quantitative estimate of drug-likeness (QED) is 0.177. The minimum Gasteiger partial charge on any atom is -0.492 e. The molecule has 2 amide bonds. The predicted octanol–water partition coefficient (Wildman–Crippen LogP) is 6.96. The van der Waals surface area contributed by atoms with Crippen LogP contribution in [0, 0.1) is 0 Å². The first kappa shape index (κ1) is 34.5. The molecule has 0 fully saturated rings. The van der Waals surface area contributed by atoms with Crippen molar-refractivity contribution in [3.8, 4) is 5.75 Å². The maximum absolute atomic E-state index is 14.2. The first-order valence-corrected chi connectivity index (χ1v) is 16.6. The second-order valence-corrected chi connectivity index (χ2v) is 12.8. The van der Waals surface area contributed by atoms with Crippen LogP contribution in [0.4, 0.5) is 5.69 Å². The average molecular weight is 669 g/mol. The number of amides is 2. The molecule has 0 aliphatic rings. The highest BCUT2D eigenvalue weighted by atomic mass is 35.5. The highest BCUT2D eigenvalue weighted by molar-refractivity contribution is 7.92. The van der Waals surface area contributed by atoms with Crippen LogP contribution in [0.5, 0.6) is 5.75 Å². The molecule has 0 bridgehead atoms. The Morgan fingerprint density at radius 1 is 0.930 bits per heavy atom. The lowest BCUT2D eigenvalue weighted by atomic mass is 10.1. The number of anilines is 1. The van der Waals surface area contributed by atoms with E-state index < -0.39 is 28.5 Å². The third kappa shape index (κ3) is 9.01. The van der Waals surface area contributed by atoms with E-state index in [0.717, 1.165) is 17.1 Å². The lowest BCUT2D eigenvalue weighted by molar-refractivity contribution is -0.140. The first-order valence-electron chi connectivity index (χ1n) is 14.0. The number of nitrogens with one attached hydrogen (secondary N) is 1.